The maximum atomic E-state index is 11.9. The zero-order valence-corrected chi connectivity index (χ0v) is 11.8. The van der Waals surface area contributed by atoms with Crippen molar-refractivity contribution < 1.29 is 18.3 Å². The molecule has 0 aromatic rings. The van der Waals surface area contributed by atoms with Crippen molar-refractivity contribution in [2.45, 2.75) is 39.5 Å². The van der Waals surface area contributed by atoms with Crippen molar-refractivity contribution in [1.82, 2.24) is 9.03 Å². The van der Waals surface area contributed by atoms with Crippen LogP contribution in [0.2, 0.25) is 0 Å². The third-order valence-corrected chi connectivity index (χ3v) is 5.04. The highest BCUT2D eigenvalue weighted by atomic mass is 32.2. The number of hydrogen-bond donors (Lipinski definition) is 2. The molecule has 0 aromatic heterocycles. The summed E-state index contributed by atoms with van der Waals surface area (Å²) in [7, 11) is -3.54. The Bertz CT molecular complexity index is 392. The van der Waals surface area contributed by atoms with Crippen LogP contribution in [-0.2, 0) is 15.0 Å². The molecule has 0 bridgehead atoms. The summed E-state index contributed by atoms with van der Waals surface area (Å²) in [6, 6.07) is 0. The van der Waals surface area contributed by atoms with Gasteiger partial charge in [0.15, 0.2) is 0 Å². The Balaban J connectivity index is 2.91. The van der Waals surface area contributed by atoms with Gasteiger partial charge in [-0.2, -0.15) is 12.7 Å². The minimum absolute atomic E-state index is 0.0749. The minimum Gasteiger partial charge on any atom is -0.481 e. The van der Waals surface area contributed by atoms with E-state index in [4.69, 9.17) is 0 Å². The van der Waals surface area contributed by atoms with E-state index in [1.807, 2.05) is 6.92 Å². The third-order valence-electron chi connectivity index (χ3n) is 3.39. The summed E-state index contributed by atoms with van der Waals surface area (Å²) in [6.07, 6.45) is 2.40. The molecule has 1 saturated heterocycles. The molecule has 0 aromatic carbocycles. The molecule has 0 amide bonds. The first-order chi connectivity index (χ1) is 8.38. The molecule has 1 aliphatic rings. The van der Waals surface area contributed by atoms with Crippen LogP contribution in [0.4, 0.5) is 0 Å². The van der Waals surface area contributed by atoms with E-state index in [1.165, 1.54) is 4.31 Å². The molecule has 18 heavy (non-hydrogen) atoms. The van der Waals surface area contributed by atoms with E-state index in [0.29, 0.717) is 32.4 Å². The number of hydrogen-bond acceptors (Lipinski definition) is 3. The van der Waals surface area contributed by atoms with Gasteiger partial charge in [0, 0.05) is 19.6 Å². The molecule has 106 valence electrons. The molecule has 0 spiro atoms. The maximum absolute atomic E-state index is 11.9. The lowest BCUT2D eigenvalue weighted by molar-refractivity contribution is -0.151. The average Bonchev–Trinajstić information content (AvgIpc) is 2.29. The topological polar surface area (TPSA) is 86.7 Å². The molecule has 0 aliphatic carbocycles. The number of nitrogens with zero attached hydrogens (tertiary/aromatic N) is 1. The van der Waals surface area contributed by atoms with Crippen molar-refractivity contribution in [2.75, 3.05) is 19.6 Å². The average molecular weight is 278 g/mol. The van der Waals surface area contributed by atoms with Gasteiger partial charge in [0.2, 0.25) is 0 Å². The number of rotatable bonds is 6. The minimum atomic E-state index is -3.54. The van der Waals surface area contributed by atoms with Crippen LogP contribution >= 0.6 is 0 Å². The van der Waals surface area contributed by atoms with E-state index < -0.39 is 21.6 Å². The molecule has 6 nitrogen and oxygen atoms in total. The highest BCUT2D eigenvalue weighted by Crippen LogP contribution is 2.35. The standard InChI is InChI=1S/C11H22N2O4S/c1-3-6-11(10(14)15)7-5-8-13(9-11)18(16,17)12-4-2/h12H,3-9H2,1-2H3,(H,14,15). The summed E-state index contributed by atoms with van der Waals surface area (Å²) in [5, 5.41) is 9.39. The zero-order chi connectivity index (χ0) is 13.8. The van der Waals surface area contributed by atoms with Gasteiger partial charge in [-0.1, -0.05) is 20.3 Å². The highest BCUT2D eigenvalue weighted by Gasteiger charge is 2.44. The van der Waals surface area contributed by atoms with Crippen LogP contribution in [0.5, 0.6) is 0 Å². The van der Waals surface area contributed by atoms with Crippen molar-refractivity contribution in [2.24, 2.45) is 5.41 Å². The first-order valence-electron chi connectivity index (χ1n) is 6.36. The summed E-state index contributed by atoms with van der Waals surface area (Å²) < 4.78 is 27.5. The second kappa shape index (κ2) is 5.99. The Morgan fingerprint density at radius 1 is 1.44 bits per heavy atom. The molecule has 0 saturated carbocycles. The SMILES string of the molecule is CCCC1(C(=O)O)CCCN(S(=O)(=O)NCC)C1. The predicted molar refractivity (Wildman–Crippen MR) is 68.4 cm³/mol. The Labute approximate surface area is 109 Å². The van der Waals surface area contributed by atoms with Crippen LogP contribution in [-0.4, -0.2) is 43.4 Å². The molecule has 7 heteroatoms. The van der Waals surface area contributed by atoms with Gasteiger partial charge in [-0.25, -0.2) is 4.72 Å². The molecule has 1 unspecified atom stereocenters. The van der Waals surface area contributed by atoms with Crippen molar-refractivity contribution in [3.63, 3.8) is 0 Å². The summed E-state index contributed by atoms with van der Waals surface area (Å²) >= 11 is 0. The van der Waals surface area contributed by atoms with Crippen LogP contribution in [0, 0.1) is 5.41 Å². The van der Waals surface area contributed by atoms with E-state index in [0.717, 1.165) is 6.42 Å². The van der Waals surface area contributed by atoms with Gasteiger partial charge in [0.25, 0.3) is 10.2 Å². The summed E-state index contributed by atoms with van der Waals surface area (Å²) in [5.41, 5.74) is -0.921. The number of carboxylic acid groups (broad SMARTS) is 1. The first kappa shape index (κ1) is 15.4. The van der Waals surface area contributed by atoms with Gasteiger partial charge in [0.1, 0.15) is 0 Å². The lowest BCUT2D eigenvalue weighted by Gasteiger charge is -2.39. The molecule has 1 aliphatic heterocycles. The second-order valence-electron chi connectivity index (χ2n) is 4.78. The van der Waals surface area contributed by atoms with Gasteiger partial charge in [-0.3, -0.25) is 4.79 Å². The highest BCUT2D eigenvalue weighted by molar-refractivity contribution is 7.87. The first-order valence-corrected chi connectivity index (χ1v) is 7.80. The molecule has 0 radical (unpaired) electrons. The van der Waals surface area contributed by atoms with Gasteiger partial charge >= 0.3 is 5.97 Å². The van der Waals surface area contributed by atoms with Gasteiger partial charge in [-0.05, 0) is 19.3 Å². The molecule has 1 fully saturated rings. The van der Waals surface area contributed by atoms with E-state index in [-0.39, 0.29) is 6.54 Å². The smallest absolute Gasteiger partial charge is 0.310 e. The largest absolute Gasteiger partial charge is 0.481 e. The fourth-order valence-corrected chi connectivity index (χ4v) is 3.87. The van der Waals surface area contributed by atoms with E-state index in [1.54, 1.807) is 6.92 Å². The van der Waals surface area contributed by atoms with Crippen molar-refractivity contribution in [3.05, 3.63) is 0 Å². The maximum Gasteiger partial charge on any atom is 0.310 e. The number of nitrogens with one attached hydrogen (secondary N) is 1. The van der Waals surface area contributed by atoms with Crippen molar-refractivity contribution in [3.8, 4) is 0 Å². The number of carboxylic acids is 1. The van der Waals surface area contributed by atoms with Crippen LogP contribution in [0.1, 0.15) is 39.5 Å². The molecule has 1 rings (SSSR count). The Hall–Kier alpha value is -0.660. The number of piperidine rings is 1. The van der Waals surface area contributed by atoms with Crippen LogP contribution in [0.25, 0.3) is 0 Å². The summed E-state index contributed by atoms with van der Waals surface area (Å²) in [4.78, 5) is 11.5. The predicted octanol–water partition coefficient (Wildman–Crippen LogP) is 0.808. The summed E-state index contributed by atoms with van der Waals surface area (Å²) in [5.74, 6) is -0.888. The van der Waals surface area contributed by atoms with Gasteiger partial charge in [-0.15, -0.1) is 0 Å². The Morgan fingerprint density at radius 3 is 2.61 bits per heavy atom. The normalized spacial score (nSPS) is 26.1. The van der Waals surface area contributed by atoms with Crippen LogP contribution in [0.15, 0.2) is 0 Å². The fraction of sp³-hybridized carbons (Fsp3) is 0.909. The van der Waals surface area contributed by atoms with E-state index in [9.17, 15) is 18.3 Å². The van der Waals surface area contributed by atoms with Gasteiger partial charge in [0.05, 0.1) is 5.41 Å². The van der Waals surface area contributed by atoms with Crippen LogP contribution < -0.4 is 4.72 Å². The second-order valence-corrected chi connectivity index (χ2v) is 6.53. The van der Waals surface area contributed by atoms with Crippen molar-refractivity contribution >= 4 is 16.2 Å². The molecule has 1 heterocycles. The molecular weight excluding hydrogens is 256 g/mol. The van der Waals surface area contributed by atoms with Crippen molar-refractivity contribution in [1.29, 1.82) is 0 Å². The zero-order valence-electron chi connectivity index (χ0n) is 11.0. The van der Waals surface area contributed by atoms with Gasteiger partial charge < -0.3 is 5.11 Å². The molecule has 1 atom stereocenters. The third kappa shape index (κ3) is 3.21. The summed E-state index contributed by atoms with van der Waals surface area (Å²) in [6.45, 7) is 4.41. The van der Waals surface area contributed by atoms with E-state index in [2.05, 4.69) is 4.72 Å². The number of aliphatic carboxylic acids is 1. The quantitative estimate of drug-likeness (QED) is 0.752. The fourth-order valence-electron chi connectivity index (χ4n) is 2.53. The lowest BCUT2D eigenvalue weighted by Crippen LogP contribution is -2.52. The number of carbonyl (C=O) groups is 1. The van der Waals surface area contributed by atoms with Crippen LogP contribution in [0.3, 0.4) is 0 Å². The van der Waals surface area contributed by atoms with E-state index >= 15 is 0 Å². The molecule has 2 N–H and O–H groups in total. The monoisotopic (exact) mass is 278 g/mol. The Morgan fingerprint density at radius 2 is 2.11 bits per heavy atom. The lowest BCUT2D eigenvalue weighted by atomic mass is 9.77. The Kier molecular flexibility index (Phi) is 5.12. The molecular formula is C11H22N2O4S.